The molecule has 0 unspecified atom stereocenters. The van der Waals surface area contributed by atoms with E-state index in [0.717, 1.165) is 0 Å². The zero-order valence-electron chi connectivity index (χ0n) is 19.3. The van der Waals surface area contributed by atoms with E-state index in [-0.39, 0.29) is 46.5 Å². The number of hydrogen-bond acceptors (Lipinski definition) is 0. The van der Waals surface area contributed by atoms with E-state index >= 15 is 0 Å². The first kappa shape index (κ1) is 27.4. The van der Waals surface area contributed by atoms with E-state index in [9.17, 15) is 0 Å². The standard InChI is InChI=1S/C16H13.C10H15.2CH3.Zr/c1-12-15-10-6-5-9-14(15)11-16(12)13-7-3-2-4-8-13;1-7-6-10(4,5)9(3)8(7)2;;;/h2-11H,1H3;1-5H3;2*1H3;/q4*-1;+4. The third kappa shape index (κ3) is 5.73. The Balaban J connectivity index is 0.000000535. The van der Waals surface area contributed by atoms with Crippen LogP contribution in [0, 0.1) is 33.3 Å². The van der Waals surface area contributed by atoms with Gasteiger partial charge < -0.3 is 14.9 Å². The summed E-state index contributed by atoms with van der Waals surface area (Å²) in [7, 11) is 0. The topological polar surface area (TPSA) is 0 Å². The van der Waals surface area contributed by atoms with Gasteiger partial charge in [0, 0.05) is 0 Å². The normalized spacial score (nSPS) is 14.1. The fourth-order valence-electron chi connectivity index (χ4n) is 3.70. The van der Waals surface area contributed by atoms with Crippen molar-refractivity contribution < 1.29 is 26.2 Å². The molecule has 3 aromatic rings. The summed E-state index contributed by atoms with van der Waals surface area (Å²) in [6, 6.07) is 21.4. The summed E-state index contributed by atoms with van der Waals surface area (Å²) in [6.07, 6.45) is 3.44. The van der Waals surface area contributed by atoms with Gasteiger partial charge in [-0.2, -0.15) is 11.1 Å². The van der Waals surface area contributed by atoms with Crippen molar-refractivity contribution in [3.63, 3.8) is 0 Å². The van der Waals surface area contributed by atoms with Crippen LogP contribution in [-0.4, -0.2) is 0 Å². The zero-order valence-corrected chi connectivity index (χ0v) is 21.7. The van der Waals surface area contributed by atoms with Gasteiger partial charge in [-0.3, -0.25) is 6.08 Å². The molecule has 0 spiro atoms. The van der Waals surface area contributed by atoms with Crippen LogP contribution in [0.1, 0.15) is 40.2 Å². The summed E-state index contributed by atoms with van der Waals surface area (Å²) >= 11 is 0. The van der Waals surface area contributed by atoms with Gasteiger partial charge in [0.25, 0.3) is 0 Å². The molecule has 29 heavy (non-hydrogen) atoms. The third-order valence-corrected chi connectivity index (χ3v) is 5.72. The molecule has 0 saturated heterocycles. The van der Waals surface area contributed by atoms with E-state index in [4.69, 9.17) is 0 Å². The maximum Gasteiger partial charge on any atom is 4.00 e. The molecule has 1 aliphatic carbocycles. The van der Waals surface area contributed by atoms with Crippen molar-refractivity contribution in [3.05, 3.63) is 104 Å². The molecule has 0 amide bonds. The first-order valence-electron chi connectivity index (χ1n) is 9.32. The molecule has 0 N–H and O–H groups in total. The smallest absolute Gasteiger partial charge is 0.358 e. The fourth-order valence-corrected chi connectivity index (χ4v) is 3.70. The molecule has 4 rings (SSSR count). The molecule has 0 aromatic heterocycles. The second kappa shape index (κ2) is 11.0. The zero-order chi connectivity index (χ0) is 18.9. The molecule has 0 aliphatic heterocycles. The van der Waals surface area contributed by atoms with Crippen molar-refractivity contribution in [1.29, 1.82) is 0 Å². The molecular weight excluding hydrogens is 428 g/mol. The van der Waals surface area contributed by atoms with Crippen molar-refractivity contribution in [3.8, 4) is 11.1 Å². The van der Waals surface area contributed by atoms with Crippen LogP contribution in [0.15, 0.2) is 77.4 Å². The van der Waals surface area contributed by atoms with Crippen molar-refractivity contribution in [2.45, 2.75) is 41.5 Å². The molecular formula is C28H34Zr. The van der Waals surface area contributed by atoms with Gasteiger partial charge in [0.1, 0.15) is 0 Å². The van der Waals surface area contributed by atoms with Crippen LogP contribution in [0.25, 0.3) is 21.9 Å². The quantitative estimate of drug-likeness (QED) is 0.318. The van der Waals surface area contributed by atoms with Crippen molar-refractivity contribution in [1.82, 2.24) is 0 Å². The monoisotopic (exact) mass is 460 g/mol. The van der Waals surface area contributed by atoms with Crippen molar-refractivity contribution in [2.24, 2.45) is 5.41 Å². The van der Waals surface area contributed by atoms with Gasteiger partial charge >= 0.3 is 26.2 Å². The van der Waals surface area contributed by atoms with Crippen LogP contribution in [-0.2, 0) is 26.2 Å². The first-order chi connectivity index (χ1) is 12.3. The first-order valence-corrected chi connectivity index (χ1v) is 9.32. The largest absolute Gasteiger partial charge is 4.00 e. The van der Waals surface area contributed by atoms with Gasteiger partial charge in [0.15, 0.2) is 0 Å². The van der Waals surface area contributed by atoms with Gasteiger partial charge in [0.05, 0.1) is 0 Å². The fraction of sp³-hybridized carbons (Fsp3) is 0.250. The molecule has 150 valence electrons. The van der Waals surface area contributed by atoms with Crippen molar-refractivity contribution >= 4 is 10.8 Å². The maximum atomic E-state index is 3.44. The summed E-state index contributed by atoms with van der Waals surface area (Å²) in [4.78, 5) is 0. The predicted octanol–water partition coefficient (Wildman–Crippen LogP) is 8.54. The number of rotatable bonds is 1. The molecule has 0 heterocycles. The van der Waals surface area contributed by atoms with Gasteiger partial charge in [-0.15, -0.1) is 41.0 Å². The van der Waals surface area contributed by atoms with Gasteiger partial charge in [-0.25, -0.2) is 5.57 Å². The third-order valence-electron chi connectivity index (χ3n) is 5.72. The van der Waals surface area contributed by atoms with E-state index < -0.39 is 0 Å². The van der Waals surface area contributed by atoms with Crippen LogP contribution < -0.4 is 0 Å². The second-order valence-corrected chi connectivity index (χ2v) is 7.76. The van der Waals surface area contributed by atoms with Gasteiger partial charge in [-0.05, 0) is 0 Å². The summed E-state index contributed by atoms with van der Waals surface area (Å²) in [5.74, 6) is 0. The molecule has 1 aliphatic rings. The average Bonchev–Trinajstić information content (AvgIpc) is 3.06. The number of allylic oxidation sites excluding steroid dienone is 4. The van der Waals surface area contributed by atoms with E-state index in [1.165, 1.54) is 44.2 Å². The average molecular weight is 462 g/mol. The second-order valence-electron chi connectivity index (χ2n) is 7.76. The number of fused-ring (bicyclic) bond motifs is 1. The van der Waals surface area contributed by atoms with Gasteiger partial charge in [0.2, 0.25) is 0 Å². The molecule has 0 atom stereocenters. The predicted molar refractivity (Wildman–Crippen MR) is 127 cm³/mol. The summed E-state index contributed by atoms with van der Waals surface area (Å²) in [5.41, 5.74) is 8.42. The minimum atomic E-state index is 0. The Labute approximate surface area is 198 Å². The molecule has 0 saturated carbocycles. The Morgan fingerprint density at radius 2 is 1.38 bits per heavy atom. The maximum absolute atomic E-state index is 3.44. The van der Waals surface area contributed by atoms with Crippen LogP contribution in [0.5, 0.6) is 0 Å². The van der Waals surface area contributed by atoms with E-state index in [2.05, 4.69) is 108 Å². The minimum absolute atomic E-state index is 0. The molecule has 3 aromatic carbocycles. The summed E-state index contributed by atoms with van der Waals surface area (Å²) in [5, 5.41) is 2.69. The Hall–Kier alpha value is -1.59. The van der Waals surface area contributed by atoms with Crippen LogP contribution >= 0.6 is 0 Å². The Bertz CT molecular complexity index is 982. The van der Waals surface area contributed by atoms with E-state index in [1.54, 1.807) is 0 Å². The Morgan fingerprint density at radius 3 is 1.83 bits per heavy atom. The van der Waals surface area contributed by atoms with E-state index in [0.29, 0.717) is 0 Å². The van der Waals surface area contributed by atoms with Crippen molar-refractivity contribution in [2.75, 3.05) is 0 Å². The molecule has 0 nitrogen and oxygen atoms in total. The molecule has 1 heteroatoms. The summed E-state index contributed by atoms with van der Waals surface area (Å²) in [6.45, 7) is 13.1. The minimum Gasteiger partial charge on any atom is -0.358 e. The molecule has 0 fully saturated rings. The Kier molecular flexibility index (Phi) is 10.4. The van der Waals surface area contributed by atoms with Crippen LogP contribution in [0.3, 0.4) is 0 Å². The summed E-state index contributed by atoms with van der Waals surface area (Å²) < 4.78 is 0. The van der Waals surface area contributed by atoms with Crippen LogP contribution in [0.2, 0.25) is 0 Å². The SMILES string of the molecule is CC1=[C-]C(C)(C)C(C)=C1C.C[c-]1c(-c2ccccc2)cc2ccccc21.[CH3-].[CH3-].[Zr+4]. The Morgan fingerprint density at radius 1 is 0.828 bits per heavy atom. The number of aryl methyl sites for hydroxylation is 1. The molecule has 0 bridgehead atoms. The number of benzene rings is 2. The van der Waals surface area contributed by atoms with E-state index in [1.807, 2.05) is 0 Å². The van der Waals surface area contributed by atoms with Crippen LogP contribution in [0.4, 0.5) is 0 Å². The number of hydrogen-bond donors (Lipinski definition) is 0. The van der Waals surface area contributed by atoms with Gasteiger partial charge in [-0.1, -0.05) is 94.1 Å². The molecule has 0 radical (unpaired) electrons.